The lowest BCUT2D eigenvalue weighted by molar-refractivity contribution is 0.373. The van der Waals surface area contributed by atoms with Crippen LogP contribution in [-0.2, 0) is 0 Å². The highest BCUT2D eigenvalue weighted by molar-refractivity contribution is 5.84. The minimum absolute atomic E-state index is 0.0169. The third kappa shape index (κ3) is 12.5. The number of aryl methyl sites for hydroxylation is 1. The van der Waals surface area contributed by atoms with Gasteiger partial charge in [-0.25, -0.2) is 15.0 Å². The van der Waals surface area contributed by atoms with Gasteiger partial charge in [0.15, 0.2) is 34.5 Å². The van der Waals surface area contributed by atoms with E-state index < -0.39 is 0 Å². The second-order valence-corrected chi connectivity index (χ2v) is 19.4. The Labute approximate surface area is 499 Å². The summed E-state index contributed by atoms with van der Waals surface area (Å²) in [7, 11) is 6.05. The number of aromatic hydroxyl groups is 3. The van der Waals surface area contributed by atoms with Crippen molar-refractivity contribution in [2.45, 2.75) is 6.92 Å². The van der Waals surface area contributed by atoms with Crippen molar-refractivity contribution in [2.75, 3.05) is 28.4 Å². The molecular formula is C71H58N6O10. The molecule has 0 atom stereocenters. The fourth-order valence-corrected chi connectivity index (χ4v) is 9.71. The van der Waals surface area contributed by atoms with Crippen LogP contribution in [0, 0.1) is 6.92 Å². The molecule has 3 N–H and O–H groups in total. The molecule has 0 fully saturated rings. The molecule has 0 spiro atoms. The molecule has 0 amide bonds. The minimum atomic E-state index is -0.209. The fraction of sp³-hybridized carbons (Fsp3) is 0.0704. The first kappa shape index (κ1) is 58.4. The summed E-state index contributed by atoms with van der Waals surface area (Å²) < 4.78 is 25.6. The van der Waals surface area contributed by atoms with Crippen LogP contribution in [0.3, 0.4) is 0 Å². The largest absolute Gasteiger partial charge is 0.504 e. The molecule has 432 valence electrons. The van der Waals surface area contributed by atoms with E-state index in [4.69, 9.17) is 23.9 Å². The summed E-state index contributed by atoms with van der Waals surface area (Å²) in [6.45, 7) is 1.96. The fourth-order valence-electron chi connectivity index (χ4n) is 9.71. The van der Waals surface area contributed by atoms with Crippen molar-refractivity contribution in [3.8, 4) is 57.3 Å². The number of rotatable bonds is 13. The zero-order valence-electron chi connectivity index (χ0n) is 48.0. The van der Waals surface area contributed by atoms with E-state index in [0.717, 1.165) is 16.9 Å². The quantitative estimate of drug-likeness (QED) is 0.0985. The molecule has 0 aliphatic heterocycles. The van der Waals surface area contributed by atoms with Gasteiger partial charge in [-0.3, -0.25) is 28.1 Å². The third-order valence-electron chi connectivity index (χ3n) is 14.1. The van der Waals surface area contributed by atoms with Gasteiger partial charge in [-0.1, -0.05) is 121 Å². The highest BCUT2D eigenvalue weighted by Gasteiger charge is 2.17. The molecule has 0 unspecified atom stereocenters. The van der Waals surface area contributed by atoms with Crippen LogP contribution in [0.2, 0.25) is 0 Å². The lowest BCUT2D eigenvalue weighted by atomic mass is 10.1. The predicted octanol–water partition coefficient (Wildman–Crippen LogP) is 13.1. The van der Waals surface area contributed by atoms with Crippen molar-refractivity contribution in [3.63, 3.8) is 0 Å². The van der Waals surface area contributed by atoms with Crippen LogP contribution in [0.4, 0.5) is 0 Å². The minimum Gasteiger partial charge on any atom is -0.504 e. The van der Waals surface area contributed by atoms with Crippen molar-refractivity contribution < 1.29 is 34.3 Å². The number of hydrogen-bond donors (Lipinski definition) is 3. The van der Waals surface area contributed by atoms with E-state index in [1.54, 1.807) is 144 Å². The maximum Gasteiger partial charge on any atom is 0.266 e. The number of methoxy groups -OCH3 is 4. The molecule has 12 rings (SSSR count). The molecule has 0 saturated carbocycles. The van der Waals surface area contributed by atoms with Crippen LogP contribution in [0.25, 0.3) is 86.2 Å². The number of hydrogen-bond acceptors (Lipinski definition) is 13. The number of ether oxygens (including phenoxy) is 4. The standard InChI is InChI=1S/C24H20N2O4.C24H20N2O3.C23H18N2O3/c1-29-20-12-6-5-11-19(20)26-22(25-18-10-4-3-9-17(18)24(26)28)15-14-16-8-7-13-21(30-2)23(16)27;1-16-8-3-6-12-20(16)26-22(25-19-11-5-4-10-18(19)24(26)28)15-14-17-9-7-13-21(29-2)23(17)27;1-28-20-13-7-8-16(22(20)26)14-15-21-24-19-12-6-5-11-18(19)23(27)25(21)17-9-3-2-4-10-17/h3-15,27H,1-2H3;3-15,27H,1-2H3;2-15,26H,1H3/b3*15-14+. The number of benzene rings is 9. The van der Waals surface area contributed by atoms with E-state index in [2.05, 4.69) is 9.97 Å². The first-order valence-corrected chi connectivity index (χ1v) is 27.3. The summed E-state index contributed by atoms with van der Waals surface area (Å²) in [5.74, 6) is 3.13. The molecule has 16 nitrogen and oxygen atoms in total. The molecule has 9 aromatic carbocycles. The SMILES string of the molecule is COc1cccc(/C=C/c2nc3ccccc3c(=O)n2-c2ccccc2)c1O.COc1cccc(/C=C/c2nc3ccccc3c(=O)n2-c2ccccc2C)c1O.COc1ccccc1-n1c(/C=C/c2cccc(OC)c2O)nc2ccccc2c1=O. The Bertz CT molecular complexity index is 4780. The molecule has 0 bridgehead atoms. The highest BCUT2D eigenvalue weighted by atomic mass is 16.5. The normalized spacial score (nSPS) is 11.2. The van der Waals surface area contributed by atoms with Gasteiger partial charge in [0.2, 0.25) is 0 Å². The smallest absolute Gasteiger partial charge is 0.266 e. The van der Waals surface area contributed by atoms with Gasteiger partial charge in [-0.15, -0.1) is 0 Å². The summed E-state index contributed by atoms with van der Waals surface area (Å²) in [5.41, 5.74) is 6.06. The Morgan fingerprint density at radius 3 is 1.07 bits per heavy atom. The summed E-state index contributed by atoms with van der Waals surface area (Å²) in [4.78, 5) is 53.9. The molecule has 12 aromatic rings. The van der Waals surface area contributed by atoms with E-state index in [-0.39, 0.29) is 33.9 Å². The van der Waals surface area contributed by atoms with Gasteiger partial charge in [-0.05, 0) is 134 Å². The van der Waals surface area contributed by atoms with Gasteiger partial charge in [0.1, 0.15) is 23.2 Å². The second kappa shape index (κ2) is 26.6. The van der Waals surface area contributed by atoms with Crippen LogP contribution in [0.15, 0.2) is 221 Å². The van der Waals surface area contributed by atoms with Gasteiger partial charge >= 0.3 is 0 Å². The van der Waals surface area contributed by atoms with Crippen molar-refractivity contribution >= 4 is 69.2 Å². The van der Waals surface area contributed by atoms with Gasteiger partial charge in [0, 0.05) is 16.7 Å². The number of fused-ring (bicyclic) bond motifs is 3. The number of phenolic OH excluding ortho intramolecular Hbond substituents is 3. The topological polar surface area (TPSA) is 202 Å². The van der Waals surface area contributed by atoms with Crippen molar-refractivity contribution in [1.29, 1.82) is 0 Å². The summed E-state index contributed by atoms with van der Waals surface area (Å²) in [6.07, 6.45) is 10.3. The average molecular weight is 1160 g/mol. The maximum atomic E-state index is 13.4. The molecular weight excluding hydrogens is 1100 g/mol. The lowest BCUT2D eigenvalue weighted by Crippen LogP contribution is -2.23. The Morgan fingerprint density at radius 2 is 0.655 bits per heavy atom. The van der Waals surface area contributed by atoms with Crippen LogP contribution in [0.5, 0.6) is 40.2 Å². The summed E-state index contributed by atoms with van der Waals surface area (Å²) in [5, 5.41) is 32.7. The lowest BCUT2D eigenvalue weighted by Gasteiger charge is -2.14. The van der Waals surface area contributed by atoms with Crippen LogP contribution >= 0.6 is 0 Å². The Hall–Kier alpha value is -11.8. The summed E-state index contributed by atoms with van der Waals surface area (Å²) in [6, 6.07) is 61.7. The van der Waals surface area contributed by atoms with Gasteiger partial charge in [-0.2, -0.15) is 0 Å². The van der Waals surface area contributed by atoms with Crippen LogP contribution in [-0.4, -0.2) is 72.4 Å². The molecule has 3 heterocycles. The van der Waals surface area contributed by atoms with Crippen molar-refractivity contribution in [3.05, 3.63) is 277 Å². The maximum absolute atomic E-state index is 13.4. The monoisotopic (exact) mass is 1150 g/mol. The third-order valence-corrected chi connectivity index (χ3v) is 14.1. The number of phenols is 3. The van der Waals surface area contributed by atoms with Gasteiger partial charge in [0.05, 0.1) is 78.2 Å². The Morgan fingerprint density at radius 1 is 0.333 bits per heavy atom. The van der Waals surface area contributed by atoms with E-state index in [9.17, 15) is 29.7 Å². The first-order chi connectivity index (χ1) is 42.4. The van der Waals surface area contributed by atoms with E-state index >= 15 is 0 Å². The molecule has 0 aliphatic rings. The van der Waals surface area contributed by atoms with Crippen molar-refractivity contribution in [2.24, 2.45) is 0 Å². The first-order valence-electron chi connectivity index (χ1n) is 27.3. The average Bonchev–Trinajstić information content (AvgIpc) is 1.46. The summed E-state index contributed by atoms with van der Waals surface area (Å²) >= 11 is 0. The van der Waals surface area contributed by atoms with Crippen LogP contribution < -0.4 is 35.6 Å². The molecule has 0 saturated heterocycles. The van der Waals surface area contributed by atoms with E-state index in [0.29, 0.717) is 95.6 Å². The predicted molar refractivity (Wildman–Crippen MR) is 344 cm³/mol. The van der Waals surface area contributed by atoms with Crippen LogP contribution in [0.1, 0.15) is 39.7 Å². The molecule has 87 heavy (non-hydrogen) atoms. The van der Waals surface area contributed by atoms with E-state index in [1.165, 1.54) is 25.9 Å². The van der Waals surface area contributed by atoms with Gasteiger partial charge < -0.3 is 34.3 Å². The van der Waals surface area contributed by atoms with E-state index in [1.807, 2.05) is 122 Å². The second-order valence-electron chi connectivity index (χ2n) is 19.4. The molecule has 0 aliphatic carbocycles. The van der Waals surface area contributed by atoms with Gasteiger partial charge in [0.25, 0.3) is 16.7 Å². The highest BCUT2D eigenvalue weighted by Crippen LogP contribution is 2.34. The number of aromatic nitrogens is 6. The number of nitrogens with zero attached hydrogens (tertiary/aromatic N) is 6. The molecule has 16 heteroatoms. The number of para-hydroxylation sites is 10. The zero-order valence-corrected chi connectivity index (χ0v) is 48.0. The molecule has 0 radical (unpaired) electrons. The zero-order chi connectivity index (χ0) is 61.0. The Kier molecular flexibility index (Phi) is 17.9. The van der Waals surface area contributed by atoms with Crippen molar-refractivity contribution in [1.82, 2.24) is 28.7 Å². The molecule has 3 aromatic heterocycles. The Balaban J connectivity index is 0.000000145.